The Morgan fingerprint density at radius 2 is 1.87 bits per heavy atom. The second-order valence-electron chi connectivity index (χ2n) is 5.16. The lowest BCUT2D eigenvalue weighted by molar-refractivity contribution is 0.233. The van der Waals surface area contributed by atoms with Gasteiger partial charge in [-0.2, -0.15) is 0 Å². The average molecular weight is 201 g/mol. The first-order valence-corrected chi connectivity index (χ1v) is 6.18. The molecule has 2 aliphatic carbocycles. The smallest absolute Gasteiger partial charge is 0.00779 e. The van der Waals surface area contributed by atoms with Gasteiger partial charge in [-0.3, -0.25) is 0 Å². The first-order chi connectivity index (χ1) is 7.39. The van der Waals surface area contributed by atoms with E-state index in [1.807, 2.05) is 0 Å². The van der Waals surface area contributed by atoms with E-state index in [1.165, 1.54) is 38.6 Å². The van der Waals surface area contributed by atoms with Crippen molar-refractivity contribution in [1.29, 1.82) is 0 Å². The lowest BCUT2D eigenvalue weighted by atomic mass is 9.64. The monoisotopic (exact) mass is 201 g/mol. The first kappa shape index (κ1) is 9.41. The highest BCUT2D eigenvalue weighted by Crippen LogP contribution is 2.43. The molecule has 3 rings (SSSR count). The quantitative estimate of drug-likeness (QED) is 0.790. The third-order valence-corrected chi connectivity index (χ3v) is 4.00. The molecule has 0 saturated heterocycles. The van der Waals surface area contributed by atoms with Gasteiger partial charge in [-0.15, -0.1) is 0 Å². The summed E-state index contributed by atoms with van der Waals surface area (Å²) in [5.74, 6) is 0. The van der Waals surface area contributed by atoms with Crippen LogP contribution in [0.2, 0.25) is 0 Å². The van der Waals surface area contributed by atoms with Crippen molar-refractivity contribution in [2.45, 2.75) is 43.6 Å². The molecule has 80 valence electrons. The second-order valence-corrected chi connectivity index (χ2v) is 5.16. The van der Waals surface area contributed by atoms with Gasteiger partial charge >= 0.3 is 0 Å². The molecule has 0 aromatic heterocycles. The lowest BCUT2D eigenvalue weighted by Gasteiger charge is -2.43. The van der Waals surface area contributed by atoms with E-state index >= 15 is 0 Å². The molecule has 1 nitrogen and oxygen atoms in total. The topological polar surface area (TPSA) is 12.0 Å². The van der Waals surface area contributed by atoms with Crippen LogP contribution in [0.3, 0.4) is 0 Å². The summed E-state index contributed by atoms with van der Waals surface area (Å²) in [6, 6.07) is 11.9. The van der Waals surface area contributed by atoms with Crippen molar-refractivity contribution in [3.8, 4) is 0 Å². The van der Waals surface area contributed by atoms with E-state index in [2.05, 4.69) is 35.6 Å². The van der Waals surface area contributed by atoms with Crippen LogP contribution in [-0.4, -0.2) is 12.6 Å². The number of nitrogens with one attached hydrogen (secondary N) is 1. The normalized spacial score (nSPS) is 23.5. The van der Waals surface area contributed by atoms with E-state index in [-0.39, 0.29) is 0 Å². The molecule has 0 heterocycles. The molecular weight excluding hydrogens is 182 g/mol. The predicted molar refractivity (Wildman–Crippen MR) is 63.0 cm³/mol. The van der Waals surface area contributed by atoms with Crippen LogP contribution in [0, 0.1) is 0 Å². The van der Waals surface area contributed by atoms with Crippen LogP contribution in [0.1, 0.15) is 37.7 Å². The number of rotatable bonds is 4. The zero-order chi connectivity index (χ0) is 10.1. The van der Waals surface area contributed by atoms with Gasteiger partial charge in [0.2, 0.25) is 0 Å². The average Bonchev–Trinajstić information content (AvgIpc) is 3.02. The van der Waals surface area contributed by atoms with Gasteiger partial charge in [0.05, 0.1) is 0 Å². The third kappa shape index (κ3) is 1.81. The van der Waals surface area contributed by atoms with E-state index in [9.17, 15) is 0 Å². The summed E-state index contributed by atoms with van der Waals surface area (Å²) in [5, 5.41) is 3.70. The van der Waals surface area contributed by atoms with Gasteiger partial charge in [0.1, 0.15) is 0 Å². The molecule has 15 heavy (non-hydrogen) atoms. The van der Waals surface area contributed by atoms with Gasteiger partial charge in [0, 0.05) is 18.0 Å². The standard InChI is InChI=1S/C14H19N/c1-2-5-12(6-3-1)14(9-4-10-14)11-15-13-7-8-13/h1-3,5-6,13,15H,4,7-11H2. The molecular formula is C14H19N. The fourth-order valence-corrected chi connectivity index (χ4v) is 2.59. The summed E-state index contributed by atoms with van der Waals surface area (Å²) in [4.78, 5) is 0. The van der Waals surface area contributed by atoms with Gasteiger partial charge < -0.3 is 5.32 Å². The van der Waals surface area contributed by atoms with Crippen molar-refractivity contribution >= 4 is 0 Å². The van der Waals surface area contributed by atoms with Crippen molar-refractivity contribution in [2.75, 3.05) is 6.54 Å². The summed E-state index contributed by atoms with van der Waals surface area (Å²) < 4.78 is 0. The Hall–Kier alpha value is -0.820. The molecule has 1 heteroatoms. The first-order valence-electron chi connectivity index (χ1n) is 6.18. The van der Waals surface area contributed by atoms with E-state index in [0.29, 0.717) is 5.41 Å². The van der Waals surface area contributed by atoms with Crippen molar-refractivity contribution in [3.63, 3.8) is 0 Å². The zero-order valence-corrected chi connectivity index (χ0v) is 9.21. The summed E-state index contributed by atoms with van der Waals surface area (Å²) in [5.41, 5.74) is 2.02. The van der Waals surface area contributed by atoms with Crippen LogP contribution in [0.15, 0.2) is 30.3 Å². The molecule has 2 aliphatic rings. The Kier molecular flexibility index (Phi) is 2.28. The molecule has 0 aliphatic heterocycles. The van der Waals surface area contributed by atoms with Crippen molar-refractivity contribution in [1.82, 2.24) is 5.32 Å². The largest absolute Gasteiger partial charge is 0.313 e. The van der Waals surface area contributed by atoms with Crippen molar-refractivity contribution < 1.29 is 0 Å². The molecule has 2 fully saturated rings. The molecule has 1 aromatic carbocycles. The Morgan fingerprint density at radius 1 is 1.13 bits per heavy atom. The second kappa shape index (κ2) is 3.64. The van der Waals surface area contributed by atoms with Gasteiger partial charge in [0.15, 0.2) is 0 Å². The van der Waals surface area contributed by atoms with E-state index in [1.54, 1.807) is 5.56 Å². The van der Waals surface area contributed by atoms with Crippen LogP contribution in [0.25, 0.3) is 0 Å². The highest BCUT2D eigenvalue weighted by atomic mass is 15.0. The van der Waals surface area contributed by atoms with E-state index in [0.717, 1.165) is 6.04 Å². The highest BCUT2D eigenvalue weighted by Gasteiger charge is 2.39. The summed E-state index contributed by atoms with van der Waals surface area (Å²) in [6.07, 6.45) is 6.93. The molecule has 1 N–H and O–H groups in total. The number of hydrogen-bond acceptors (Lipinski definition) is 1. The fourth-order valence-electron chi connectivity index (χ4n) is 2.59. The van der Waals surface area contributed by atoms with Crippen LogP contribution in [0.4, 0.5) is 0 Å². The van der Waals surface area contributed by atoms with Gasteiger partial charge in [-0.25, -0.2) is 0 Å². The summed E-state index contributed by atoms with van der Waals surface area (Å²) in [7, 11) is 0. The molecule has 0 spiro atoms. The molecule has 2 saturated carbocycles. The Morgan fingerprint density at radius 3 is 2.40 bits per heavy atom. The van der Waals surface area contributed by atoms with E-state index in [4.69, 9.17) is 0 Å². The van der Waals surface area contributed by atoms with Crippen molar-refractivity contribution in [2.24, 2.45) is 0 Å². The third-order valence-electron chi connectivity index (χ3n) is 4.00. The molecule has 0 atom stereocenters. The van der Waals surface area contributed by atoms with E-state index < -0.39 is 0 Å². The van der Waals surface area contributed by atoms with Crippen LogP contribution < -0.4 is 5.32 Å². The number of hydrogen-bond donors (Lipinski definition) is 1. The van der Waals surface area contributed by atoms with Crippen LogP contribution in [-0.2, 0) is 5.41 Å². The van der Waals surface area contributed by atoms with Crippen LogP contribution >= 0.6 is 0 Å². The zero-order valence-electron chi connectivity index (χ0n) is 9.21. The minimum absolute atomic E-state index is 0.476. The molecule has 0 radical (unpaired) electrons. The molecule has 0 bridgehead atoms. The Bertz CT molecular complexity index is 322. The Balaban J connectivity index is 1.73. The maximum atomic E-state index is 3.70. The van der Waals surface area contributed by atoms with Crippen LogP contribution in [0.5, 0.6) is 0 Å². The molecule has 0 amide bonds. The van der Waals surface area contributed by atoms with Gasteiger partial charge in [-0.05, 0) is 31.2 Å². The fraction of sp³-hybridized carbons (Fsp3) is 0.571. The van der Waals surface area contributed by atoms with Gasteiger partial charge in [-0.1, -0.05) is 36.8 Å². The summed E-state index contributed by atoms with van der Waals surface area (Å²) >= 11 is 0. The van der Waals surface area contributed by atoms with Gasteiger partial charge in [0.25, 0.3) is 0 Å². The minimum atomic E-state index is 0.476. The maximum absolute atomic E-state index is 3.70. The Labute approximate surface area is 91.9 Å². The highest BCUT2D eigenvalue weighted by molar-refractivity contribution is 5.28. The lowest BCUT2D eigenvalue weighted by Crippen LogP contribution is -2.44. The predicted octanol–water partition coefficient (Wildman–Crippen LogP) is 2.86. The number of benzene rings is 1. The molecule has 0 unspecified atom stereocenters. The molecule has 1 aromatic rings. The SMILES string of the molecule is c1ccc(C2(CNC3CC3)CCC2)cc1. The summed E-state index contributed by atoms with van der Waals surface area (Å²) in [6.45, 7) is 1.20. The minimum Gasteiger partial charge on any atom is -0.313 e. The maximum Gasteiger partial charge on any atom is 0.00779 e. The van der Waals surface area contributed by atoms with Crippen molar-refractivity contribution in [3.05, 3.63) is 35.9 Å².